The molecule has 0 bridgehead atoms. The molecule has 2 rings (SSSR count). The Kier molecular flexibility index (Phi) is 10.3. The van der Waals surface area contributed by atoms with Gasteiger partial charge in [0.2, 0.25) is 0 Å². The number of nitrogens with one attached hydrogen (secondary N) is 6. The van der Waals surface area contributed by atoms with Crippen molar-refractivity contribution in [3.63, 3.8) is 0 Å². The smallest absolute Gasteiger partial charge is 0.317 e. The van der Waals surface area contributed by atoms with Gasteiger partial charge in [0.25, 0.3) is 5.91 Å². The van der Waals surface area contributed by atoms with Crippen LogP contribution in [0.5, 0.6) is 0 Å². The molecular formula is C18H32ClN13O2. The monoisotopic (exact) mass is 497 g/mol. The van der Waals surface area contributed by atoms with Crippen LogP contribution in [0.25, 0.3) is 0 Å². The summed E-state index contributed by atoms with van der Waals surface area (Å²) in [4.78, 5) is 35.9. The summed E-state index contributed by atoms with van der Waals surface area (Å²) in [5.74, 6) is -1.26. The van der Waals surface area contributed by atoms with Gasteiger partial charge in [-0.2, -0.15) is 0 Å². The van der Waals surface area contributed by atoms with E-state index < -0.39 is 5.91 Å². The Balaban J connectivity index is 1.56. The second kappa shape index (κ2) is 13.2. The molecule has 1 fully saturated rings. The van der Waals surface area contributed by atoms with E-state index in [-0.39, 0.29) is 40.4 Å². The van der Waals surface area contributed by atoms with Gasteiger partial charge in [-0.15, -0.1) is 0 Å². The maximum Gasteiger partial charge on any atom is 0.317 e. The molecule has 1 aliphatic heterocycles. The number of halogens is 1. The first kappa shape index (κ1) is 26.7. The summed E-state index contributed by atoms with van der Waals surface area (Å²) in [6.45, 7) is 5.03. The summed E-state index contributed by atoms with van der Waals surface area (Å²) in [7, 11) is 0. The first-order valence-electron chi connectivity index (χ1n) is 10.7. The molecule has 1 saturated heterocycles. The first-order valence-corrected chi connectivity index (χ1v) is 11.1. The zero-order chi connectivity index (χ0) is 25.1. The topological polar surface area (TPSA) is 240 Å². The van der Waals surface area contributed by atoms with Crippen LogP contribution in [0.2, 0.25) is 5.15 Å². The fourth-order valence-corrected chi connectivity index (χ4v) is 3.28. The van der Waals surface area contributed by atoms with Crippen LogP contribution < -0.4 is 38.5 Å². The maximum absolute atomic E-state index is 12.2. The molecule has 1 aromatic heterocycles. The van der Waals surface area contributed by atoms with Crippen LogP contribution >= 0.6 is 11.6 Å². The number of nitrogens with two attached hydrogens (primary N) is 3. The standard InChI is InChI=1S/C18H32ClN13O2/c19-12-14(21)29-13(20)11(28-12)15(33)30-17(24)26-3-1-2-6-31-7-9-32(10-8-31)18(34)27-5-4-25-16(22)23/h1-10H2,(H,27,34)(H4,20,21,29)(H4,22,23,25)(H3,24,26,30,33). The van der Waals surface area contributed by atoms with Gasteiger partial charge in [0.05, 0.1) is 0 Å². The molecule has 2 heterocycles. The molecule has 1 aliphatic rings. The number of piperazine rings is 1. The lowest BCUT2D eigenvalue weighted by Gasteiger charge is -2.34. The number of guanidine groups is 2. The zero-order valence-electron chi connectivity index (χ0n) is 18.8. The number of urea groups is 1. The molecule has 0 aromatic carbocycles. The van der Waals surface area contributed by atoms with Crippen LogP contribution in [0.15, 0.2) is 0 Å². The van der Waals surface area contributed by atoms with Gasteiger partial charge in [-0.05, 0) is 19.4 Å². The van der Waals surface area contributed by atoms with Crippen LogP contribution in [0.4, 0.5) is 16.4 Å². The highest BCUT2D eigenvalue weighted by Gasteiger charge is 2.20. The normalized spacial score (nSPS) is 13.7. The number of nitrogens with zero attached hydrogens (tertiary/aromatic N) is 4. The number of hydrogen-bond donors (Lipinski definition) is 9. The highest BCUT2D eigenvalue weighted by atomic mass is 35.5. The minimum Gasteiger partial charge on any atom is -0.382 e. The number of amides is 3. The second-order valence-electron chi connectivity index (χ2n) is 7.50. The number of nitrogen functional groups attached to an aromatic ring is 2. The molecule has 0 unspecified atom stereocenters. The van der Waals surface area contributed by atoms with E-state index in [2.05, 4.69) is 36.1 Å². The van der Waals surface area contributed by atoms with Crippen molar-refractivity contribution in [1.82, 2.24) is 41.0 Å². The number of anilines is 2. The van der Waals surface area contributed by atoms with Crippen molar-refractivity contribution < 1.29 is 9.59 Å². The van der Waals surface area contributed by atoms with E-state index in [1.54, 1.807) is 4.90 Å². The average Bonchev–Trinajstić information content (AvgIpc) is 2.79. The lowest BCUT2D eigenvalue weighted by molar-refractivity contribution is 0.0971. The summed E-state index contributed by atoms with van der Waals surface area (Å²) < 4.78 is 0. The van der Waals surface area contributed by atoms with Gasteiger partial charge in [-0.3, -0.25) is 25.8 Å². The third-order valence-corrected chi connectivity index (χ3v) is 5.22. The van der Waals surface area contributed by atoms with E-state index in [1.165, 1.54) is 0 Å². The number of rotatable bonds is 9. The first-order chi connectivity index (χ1) is 16.2. The predicted octanol–water partition coefficient (Wildman–Crippen LogP) is -1.86. The van der Waals surface area contributed by atoms with Gasteiger partial charge >= 0.3 is 6.03 Å². The lowest BCUT2D eigenvalue weighted by Crippen LogP contribution is -2.52. The molecule has 1 aromatic rings. The van der Waals surface area contributed by atoms with Gasteiger partial charge in [-0.1, -0.05) is 11.6 Å². The van der Waals surface area contributed by atoms with E-state index in [1.807, 2.05) is 0 Å². The molecule has 15 nitrogen and oxygen atoms in total. The van der Waals surface area contributed by atoms with E-state index in [4.69, 9.17) is 39.6 Å². The van der Waals surface area contributed by atoms with Crippen molar-refractivity contribution in [2.45, 2.75) is 12.8 Å². The Bertz CT molecular complexity index is 889. The number of unbranched alkanes of at least 4 members (excludes halogenated alkanes) is 1. The number of carbonyl (C=O) groups excluding carboxylic acids is 2. The molecule has 0 saturated carbocycles. The molecule has 0 radical (unpaired) electrons. The third kappa shape index (κ3) is 8.74. The number of carbonyl (C=O) groups is 2. The van der Waals surface area contributed by atoms with Crippen LogP contribution in [0.3, 0.4) is 0 Å². The molecule has 16 heteroatoms. The lowest BCUT2D eigenvalue weighted by atomic mass is 10.2. The van der Waals surface area contributed by atoms with Crippen molar-refractivity contribution >= 4 is 47.1 Å². The quantitative estimate of drug-likeness (QED) is 0.105. The van der Waals surface area contributed by atoms with E-state index in [0.717, 1.165) is 32.5 Å². The minimum absolute atomic E-state index is 0.0766. The van der Waals surface area contributed by atoms with Crippen molar-refractivity contribution in [2.24, 2.45) is 5.73 Å². The van der Waals surface area contributed by atoms with Crippen LogP contribution in [-0.4, -0.2) is 96.0 Å². The van der Waals surface area contributed by atoms with Crippen molar-refractivity contribution in [3.8, 4) is 0 Å². The van der Waals surface area contributed by atoms with E-state index >= 15 is 0 Å². The number of hydrogen-bond acceptors (Lipinski definition) is 9. The summed E-state index contributed by atoms with van der Waals surface area (Å²) in [6, 6.07) is -0.122. The maximum atomic E-state index is 12.2. The average molecular weight is 498 g/mol. The summed E-state index contributed by atoms with van der Waals surface area (Å²) in [5, 5.41) is 25.4. The Morgan fingerprint density at radius 1 is 0.941 bits per heavy atom. The molecule has 0 atom stereocenters. The predicted molar refractivity (Wildman–Crippen MR) is 130 cm³/mol. The van der Waals surface area contributed by atoms with Gasteiger partial charge in [0, 0.05) is 45.8 Å². The summed E-state index contributed by atoms with van der Waals surface area (Å²) in [6.07, 6.45) is 1.68. The highest BCUT2D eigenvalue weighted by molar-refractivity contribution is 6.31. The van der Waals surface area contributed by atoms with Crippen LogP contribution in [-0.2, 0) is 0 Å². The SMILES string of the molecule is N=C(N)NCCNC(=O)N1CCN(CCCCNC(=N)NC(=O)c2nc(Cl)c(N)nc2N)CC1. The van der Waals surface area contributed by atoms with Crippen molar-refractivity contribution in [3.05, 3.63) is 10.8 Å². The van der Waals surface area contributed by atoms with Crippen LogP contribution in [0, 0.1) is 10.8 Å². The molecule has 0 aliphatic carbocycles. The zero-order valence-corrected chi connectivity index (χ0v) is 19.5. The minimum atomic E-state index is -0.707. The fourth-order valence-electron chi connectivity index (χ4n) is 3.15. The number of aromatic nitrogens is 2. The Hall–Kier alpha value is -3.59. The highest BCUT2D eigenvalue weighted by Crippen LogP contribution is 2.17. The fraction of sp³-hybridized carbons (Fsp3) is 0.556. The Morgan fingerprint density at radius 2 is 1.62 bits per heavy atom. The Morgan fingerprint density at radius 3 is 2.29 bits per heavy atom. The van der Waals surface area contributed by atoms with Crippen LogP contribution in [0.1, 0.15) is 23.3 Å². The molecule has 188 valence electrons. The molecule has 12 N–H and O–H groups in total. The van der Waals surface area contributed by atoms with Gasteiger partial charge in [0.1, 0.15) is 0 Å². The van der Waals surface area contributed by atoms with E-state index in [0.29, 0.717) is 32.7 Å². The van der Waals surface area contributed by atoms with E-state index in [9.17, 15) is 9.59 Å². The summed E-state index contributed by atoms with van der Waals surface area (Å²) in [5.41, 5.74) is 16.1. The Labute approximate surface area is 202 Å². The molecule has 34 heavy (non-hydrogen) atoms. The summed E-state index contributed by atoms with van der Waals surface area (Å²) >= 11 is 5.76. The van der Waals surface area contributed by atoms with Gasteiger partial charge < -0.3 is 38.1 Å². The van der Waals surface area contributed by atoms with Crippen molar-refractivity contribution in [1.29, 1.82) is 10.8 Å². The third-order valence-electron chi connectivity index (χ3n) is 4.94. The second-order valence-corrected chi connectivity index (χ2v) is 7.86. The molecule has 0 spiro atoms. The molecule has 3 amide bonds. The molecular weight excluding hydrogens is 466 g/mol. The van der Waals surface area contributed by atoms with Gasteiger partial charge in [-0.25, -0.2) is 14.8 Å². The largest absolute Gasteiger partial charge is 0.382 e. The van der Waals surface area contributed by atoms with Gasteiger partial charge in [0.15, 0.2) is 34.4 Å². The van der Waals surface area contributed by atoms with Crippen molar-refractivity contribution in [2.75, 3.05) is 63.8 Å².